The zero-order valence-corrected chi connectivity index (χ0v) is 8.71. The monoisotopic (exact) mass is 221 g/mol. The molecule has 0 bridgehead atoms. The zero-order valence-electron chi connectivity index (χ0n) is 7.96. The maximum absolute atomic E-state index is 10.3. The maximum atomic E-state index is 10.3. The van der Waals surface area contributed by atoms with Crippen molar-refractivity contribution < 1.29 is 4.79 Å². The third-order valence-corrected chi connectivity index (χ3v) is 2.56. The first-order valence-electron chi connectivity index (χ1n) is 4.59. The lowest BCUT2D eigenvalue weighted by Gasteiger charge is -2.01. The Morgan fingerprint density at radius 2 is 2.33 bits per heavy atom. The van der Waals surface area contributed by atoms with Crippen molar-refractivity contribution in [2.45, 2.75) is 12.5 Å². The van der Waals surface area contributed by atoms with Gasteiger partial charge in [-0.3, -0.25) is 4.79 Å². The molecule has 3 nitrogen and oxygen atoms in total. The number of hydrogen-bond donors (Lipinski definition) is 2. The van der Waals surface area contributed by atoms with E-state index >= 15 is 0 Å². The van der Waals surface area contributed by atoms with Gasteiger partial charge < -0.3 is 10.7 Å². The molecule has 1 atom stereocenters. The maximum Gasteiger partial charge on any atom is 0.217 e. The van der Waals surface area contributed by atoms with Gasteiger partial charge in [-0.25, -0.2) is 0 Å². The summed E-state index contributed by atoms with van der Waals surface area (Å²) in [6, 6.07) is 5.00. The normalized spacial score (nSPS) is 12.9. The Morgan fingerprint density at radius 1 is 1.53 bits per heavy atom. The minimum Gasteiger partial charge on any atom is -0.361 e. The number of hydrogen-bond acceptors (Lipinski definition) is 2. The predicted octanol–water partition coefficient (Wildman–Crippen LogP) is 1.80. The molecule has 0 spiro atoms. The molecule has 2 aromatic rings. The van der Waals surface area contributed by atoms with Gasteiger partial charge in [0.1, 0.15) is 0 Å². The summed E-state index contributed by atoms with van der Waals surface area (Å²) >= 11 is 5.90. The van der Waals surface area contributed by atoms with Crippen LogP contribution in [0.3, 0.4) is 0 Å². The predicted molar refractivity (Wildman–Crippen MR) is 60.7 cm³/mol. The van der Waals surface area contributed by atoms with Crippen LogP contribution in [-0.4, -0.2) is 17.3 Å². The van der Waals surface area contributed by atoms with Crippen molar-refractivity contribution >= 4 is 28.8 Å². The molecule has 4 heteroatoms. The zero-order chi connectivity index (χ0) is 10.8. The Labute approximate surface area is 92.2 Å². The molecule has 3 N–H and O–H groups in total. The lowest BCUT2D eigenvalue weighted by molar-refractivity contribution is 0.541. The van der Waals surface area contributed by atoms with Crippen molar-refractivity contribution in [3.05, 3.63) is 35.0 Å². The molecule has 15 heavy (non-hydrogen) atoms. The summed E-state index contributed by atoms with van der Waals surface area (Å²) in [6.45, 7) is 0. The van der Waals surface area contributed by atoms with E-state index in [1.807, 2.05) is 24.4 Å². The van der Waals surface area contributed by atoms with Crippen molar-refractivity contribution in [1.29, 1.82) is 0 Å². The van der Waals surface area contributed by atoms with E-state index < -0.39 is 6.04 Å². The number of nitrogens with two attached hydrogens (primary N) is 1. The number of carbonyl (C=O) groups excluding carboxylic acids is 1. The van der Waals surface area contributed by atoms with E-state index in [1.54, 1.807) is 6.29 Å². The quantitative estimate of drug-likeness (QED) is 0.831. The molecule has 1 heterocycles. The highest BCUT2D eigenvalue weighted by atomic mass is 35.5. The topological polar surface area (TPSA) is 58.9 Å². The van der Waals surface area contributed by atoms with Gasteiger partial charge in [0.2, 0.25) is 6.29 Å². The van der Waals surface area contributed by atoms with Crippen LogP contribution >= 0.6 is 11.6 Å². The molecule has 0 unspecified atom stereocenters. The van der Waals surface area contributed by atoms with Crippen LogP contribution in [0, 0.1) is 0 Å². The minimum atomic E-state index is -0.581. The Bertz CT molecular complexity index is 492. The number of aromatic amines is 1. The van der Waals surface area contributed by atoms with Crippen LogP contribution in [0.15, 0.2) is 24.4 Å². The molecule has 1 aromatic heterocycles. The standard InChI is InChI=1S/C11H10ClN2O/c12-8-1-2-11-10(4-8)7(5-14-11)3-9(13)6-15/h1-2,4-5,9,14H,3,13H2/t9-/m0/s1. The SMILES string of the molecule is N[C@H]([C]=O)Cc1c[nH]c2ccc(Cl)cc12. The van der Waals surface area contributed by atoms with Crippen molar-refractivity contribution in [1.82, 2.24) is 4.98 Å². The number of nitrogens with one attached hydrogen (secondary N) is 1. The molecular weight excluding hydrogens is 212 g/mol. The molecule has 0 aliphatic rings. The lowest BCUT2D eigenvalue weighted by Crippen LogP contribution is -2.23. The fourth-order valence-electron chi connectivity index (χ4n) is 1.60. The third kappa shape index (κ3) is 2.03. The van der Waals surface area contributed by atoms with Gasteiger partial charge in [0.05, 0.1) is 6.04 Å². The van der Waals surface area contributed by atoms with Crippen molar-refractivity contribution in [2.24, 2.45) is 5.73 Å². The smallest absolute Gasteiger partial charge is 0.217 e. The van der Waals surface area contributed by atoms with E-state index in [2.05, 4.69) is 4.98 Å². The van der Waals surface area contributed by atoms with Crippen LogP contribution in [0.1, 0.15) is 5.56 Å². The van der Waals surface area contributed by atoms with Crippen LogP contribution in [-0.2, 0) is 11.2 Å². The number of benzene rings is 1. The average Bonchev–Trinajstić information content (AvgIpc) is 2.61. The lowest BCUT2D eigenvalue weighted by atomic mass is 10.1. The molecule has 2 rings (SSSR count). The van der Waals surface area contributed by atoms with Gasteiger partial charge in [0.25, 0.3) is 0 Å². The number of H-pyrrole nitrogens is 1. The van der Waals surface area contributed by atoms with E-state index in [1.165, 1.54) is 0 Å². The number of aromatic nitrogens is 1. The van der Waals surface area contributed by atoms with Gasteiger partial charge in [0.15, 0.2) is 0 Å². The summed E-state index contributed by atoms with van der Waals surface area (Å²) in [4.78, 5) is 13.4. The van der Waals surface area contributed by atoms with Crippen molar-refractivity contribution in [2.75, 3.05) is 0 Å². The second kappa shape index (κ2) is 4.04. The van der Waals surface area contributed by atoms with Crippen molar-refractivity contribution in [3.8, 4) is 0 Å². The van der Waals surface area contributed by atoms with Crippen LogP contribution in [0.2, 0.25) is 5.02 Å². The van der Waals surface area contributed by atoms with E-state index in [-0.39, 0.29) is 0 Å². The van der Waals surface area contributed by atoms with Gasteiger partial charge >= 0.3 is 0 Å². The summed E-state index contributed by atoms with van der Waals surface area (Å²) < 4.78 is 0. The number of fused-ring (bicyclic) bond motifs is 1. The van der Waals surface area contributed by atoms with Crippen LogP contribution in [0.4, 0.5) is 0 Å². The number of rotatable bonds is 3. The number of halogens is 1. The average molecular weight is 222 g/mol. The van der Waals surface area contributed by atoms with Gasteiger partial charge in [-0.2, -0.15) is 0 Å². The Hall–Kier alpha value is -1.32. The fourth-order valence-corrected chi connectivity index (χ4v) is 1.77. The highest BCUT2D eigenvalue weighted by Gasteiger charge is 2.08. The largest absolute Gasteiger partial charge is 0.361 e. The molecule has 1 radical (unpaired) electrons. The molecule has 0 saturated carbocycles. The second-order valence-corrected chi connectivity index (χ2v) is 3.87. The third-order valence-electron chi connectivity index (χ3n) is 2.32. The summed E-state index contributed by atoms with van der Waals surface area (Å²) in [7, 11) is 0. The van der Waals surface area contributed by atoms with E-state index in [0.29, 0.717) is 11.4 Å². The molecular formula is C11H10ClN2O. The van der Waals surface area contributed by atoms with E-state index in [4.69, 9.17) is 17.3 Å². The van der Waals surface area contributed by atoms with E-state index in [0.717, 1.165) is 16.5 Å². The summed E-state index contributed by atoms with van der Waals surface area (Å²) in [5, 5.41) is 1.68. The summed E-state index contributed by atoms with van der Waals surface area (Å²) in [5.41, 5.74) is 7.51. The first-order chi connectivity index (χ1) is 7.20. The highest BCUT2D eigenvalue weighted by Crippen LogP contribution is 2.22. The van der Waals surface area contributed by atoms with Crippen molar-refractivity contribution in [3.63, 3.8) is 0 Å². The molecule has 0 aliphatic heterocycles. The van der Waals surface area contributed by atoms with Gasteiger partial charge in [-0.05, 0) is 30.2 Å². The molecule has 0 amide bonds. The Kier molecular flexibility index (Phi) is 2.75. The molecule has 0 fully saturated rings. The highest BCUT2D eigenvalue weighted by molar-refractivity contribution is 6.31. The fraction of sp³-hybridized carbons (Fsp3) is 0.182. The van der Waals surface area contributed by atoms with Gasteiger partial charge in [-0.15, -0.1) is 0 Å². The molecule has 77 valence electrons. The van der Waals surface area contributed by atoms with Gasteiger partial charge in [0, 0.05) is 22.1 Å². The molecule has 1 aromatic carbocycles. The summed E-state index contributed by atoms with van der Waals surface area (Å²) in [5.74, 6) is 0. The van der Waals surface area contributed by atoms with Crippen LogP contribution in [0.25, 0.3) is 10.9 Å². The first kappa shape index (κ1) is 10.2. The van der Waals surface area contributed by atoms with E-state index in [9.17, 15) is 4.79 Å². The first-order valence-corrected chi connectivity index (χ1v) is 4.97. The van der Waals surface area contributed by atoms with Crippen LogP contribution < -0.4 is 5.73 Å². The summed E-state index contributed by atoms with van der Waals surface area (Å²) in [6.07, 6.45) is 4.08. The van der Waals surface area contributed by atoms with Crippen LogP contribution in [0.5, 0.6) is 0 Å². The van der Waals surface area contributed by atoms with Gasteiger partial charge in [-0.1, -0.05) is 11.6 Å². The molecule has 0 saturated heterocycles. The molecule has 0 aliphatic carbocycles. The Balaban J connectivity index is 2.43. The second-order valence-electron chi connectivity index (χ2n) is 3.43. The minimum absolute atomic E-state index is 0.476. The Morgan fingerprint density at radius 3 is 3.07 bits per heavy atom.